The Balaban J connectivity index is 1.93. The molecular formula is C19H23BrN2O4S. The van der Waals surface area contributed by atoms with Crippen LogP contribution in [0.3, 0.4) is 0 Å². The number of nitrogens with zero attached hydrogens (tertiary/aromatic N) is 1. The van der Waals surface area contributed by atoms with Crippen LogP contribution in [0.5, 0.6) is 5.75 Å². The van der Waals surface area contributed by atoms with E-state index in [1.54, 1.807) is 24.3 Å². The SMILES string of the molecule is Cc1ccc(C)c(OCCNC(=O)CN(c2ccccc2Br)S(C)(=O)=O)c1. The van der Waals surface area contributed by atoms with Gasteiger partial charge in [0.15, 0.2) is 0 Å². The van der Waals surface area contributed by atoms with Gasteiger partial charge in [0.1, 0.15) is 18.9 Å². The molecule has 0 spiro atoms. The molecule has 0 aliphatic heterocycles. The molecule has 0 aromatic heterocycles. The number of benzene rings is 2. The first-order chi connectivity index (χ1) is 12.7. The lowest BCUT2D eigenvalue weighted by atomic mass is 10.1. The topological polar surface area (TPSA) is 75.7 Å². The number of hydrogen-bond acceptors (Lipinski definition) is 4. The normalized spacial score (nSPS) is 11.1. The highest BCUT2D eigenvalue weighted by atomic mass is 79.9. The molecule has 2 aromatic rings. The van der Waals surface area contributed by atoms with E-state index in [2.05, 4.69) is 21.2 Å². The summed E-state index contributed by atoms with van der Waals surface area (Å²) in [5, 5.41) is 2.69. The first-order valence-electron chi connectivity index (χ1n) is 8.37. The number of hydrogen-bond donors (Lipinski definition) is 1. The van der Waals surface area contributed by atoms with Gasteiger partial charge in [0, 0.05) is 4.47 Å². The first kappa shape index (κ1) is 21.2. The van der Waals surface area contributed by atoms with Gasteiger partial charge in [-0.15, -0.1) is 0 Å². The predicted molar refractivity (Wildman–Crippen MR) is 111 cm³/mol. The van der Waals surface area contributed by atoms with Crippen molar-refractivity contribution in [3.63, 3.8) is 0 Å². The maximum atomic E-state index is 12.2. The minimum Gasteiger partial charge on any atom is -0.491 e. The summed E-state index contributed by atoms with van der Waals surface area (Å²) in [6, 6.07) is 12.8. The fraction of sp³-hybridized carbons (Fsp3) is 0.316. The Morgan fingerprint density at radius 3 is 2.56 bits per heavy atom. The van der Waals surface area contributed by atoms with Crippen LogP contribution in [0.4, 0.5) is 5.69 Å². The second-order valence-corrected chi connectivity index (χ2v) is 8.95. The van der Waals surface area contributed by atoms with Gasteiger partial charge in [-0.3, -0.25) is 9.10 Å². The Hall–Kier alpha value is -2.06. The minimum absolute atomic E-state index is 0.278. The third-order valence-corrected chi connectivity index (χ3v) is 5.63. The van der Waals surface area contributed by atoms with E-state index >= 15 is 0 Å². The highest BCUT2D eigenvalue weighted by molar-refractivity contribution is 9.10. The third-order valence-electron chi connectivity index (χ3n) is 3.83. The summed E-state index contributed by atoms with van der Waals surface area (Å²) < 4.78 is 31.6. The molecular weight excluding hydrogens is 432 g/mol. The number of anilines is 1. The summed E-state index contributed by atoms with van der Waals surface area (Å²) in [5.74, 6) is 0.371. The number of rotatable bonds is 8. The second-order valence-electron chi connectivity index (χ2n) is 6.19. The molecule has 6 nitrogen and oxygen atoms in total. The summed E-state index contributed by atoms with van der Waals surface area (Å²) in [7, 11) is -3.61. The van der Waals surface area contributed by atoms with Gasteiger partial charge in [-0.2, -0.15) is 0 Å². The molecule has 2 rings (SSSR count). The summed E-state index contributed by atoms with van der Waals surface area (Å²) >= 11 is 3.32. The number of halogens is 1. The molecule has 0 aliphatic rings. The standard InChI is InChI=1S/C19H23BrN2O4S/c1-14-8-9-15(2)18(12-14)26-11-10-21-19(23)13-22(27(3,24)25)17-7-5-4-6-16(17)20/h4-9,12H,10-11,13H2,1-3H3,(H,21,23). The summed E-state index contributed by atoms with van der Waals surface area (Å²) in [6.45, 7) is 4.21. The molecule has 0 unspecified atom stereocenters. The lowest BCUT2D eigenvalue weighted by molar-refractivity contribution is -0.119. The van der Waals surface area contributed by atoms with Crippen LogP contribution in [0.15, 0.2) is 46.9 Å². The number of aryl methyl sites for hydroxylation is 2. The predicted octanol–water partition coefficient (Wildman–Crippen LogP) is 3.03. The van der Waals surface area contributed by atoms with E-state index in [9.17, 15) is 13.2 Å². The van der Waals surface area contributed by atoms with Crippen LogP contribution >= 0.6 is 15.9 Å². The van der Waals surface area contributed by atoms with Crippen LogP contribution in [0.1, 0.15) is 11.1 Å². The quantitative estimate of drug-likeness (QED) is 0.621. The number of carbonyl (C=O) groups is 1. The molecule has 0 aliphatic carbocycles. The summed E-state index contributed by atoms with van der Waals surface area (Å²) in [4.78, 5) is 12.2. The molecule has 1 amide bonds. The van der Waals surface area contributed by atoms with Gasteiger partial charge >= 0.3 is 0 Å². The zero-order valence-corrected chi connectivity index (χ0v) is 17.9. The van der Waals surface area contributed by atoms with Crippen LogP contribution in [-0.4, -0.2) is 40.3 Å². The highest BCUT2D eigenvalue weighted by Gasteiger charge is 2.22. The van der Waals surface area contributed by atoms with Gasteiger partial charge in [0.2, 0.25) is 15.9 Å². The molecule has 0 radical (unpaired) electrons. The molecule has 0 fully saturated rings. The maximum absolute atomic E-state index is 12.2. The fourth-order valence-electron chi connectivity index (χ4n) is 2.44. The van der Waals surface area contributed by atoms with E-state index in [1.165, 1.54) is 0 Å². The molecule has 8 heteroatoms. The molecule has 146 valence electrons. The zero-order chi connectivity index (χ0) is 20.0. The van der Waals surface area contributed by atoms with Crippen molar-refractivity contribution in [3.05, 3.63) is 58.1 Å². The molecule has 27 heavy (non-hydrogen) atoms. The van der Waals surface area contributed by atoms with E-state index < -0.39 is 15.9 Å². The van der Waals surface area contributed by atoms with E-state index in [0.717, 1.165) is 27.4 Å². The fourth-order valence-corrected chi connectivity index (χ4v) is 3.92. The molecule has 0 heterocycles. The van der Waals surface area contributed by atoms with Crippen LogP contribution in [0.2, 0.25) is 0 Å². The highest BCUT2D eigenvalue weighted by Crippen LogP contribution is 2.27. The van der Waals surface area contributed by atoms with E-state index in [0.29, 0.717) is 16.8 Å². The largest absolute Gasteiger partial charge is 0.491 e. The molecule has 0 saturated heterocycles. The minimum atomic E-state index is -3.61. The van der Waals surface area contributed by atoms with Gasteiger partial charge in [0.25, 0.3) is 0 Å². The number of amides is 1. The van der Waals surface area contributed by atoms with Gasteiger partial charge in [0.05, 0.1) is 18.5 Å². The molecule has 0 saturated carbocycles. The average molecular weight is 455 g/mol. The number of nitrogens with one attached hydrogen (secondary N) is 1. The number of sulfonamides is 1. The Kier molecular flexibility index (Phi) is 7.26. The number of para-hydroxylation sites is 1. The maximum Gasteiger partial charge on any atom is 0.240 e. The number of ether oxygens (including phenoxy) is 1. The van der Waals surface area contributed by atoms with Crippen molar-refractivity contribution in [3.8, 4) is 5.75 Å². The first-order valence-corrected chi connectivity index (χ1v) is 11.0. The van der Waals surface area contributed by atoms with Crippen molar-refractivity contribution in [2.24, 2.45) is 0 Å². The molecule has 0 bridgehead atoms. The monoisotopic (exact) mass is 454 g/mol. The van der Waals surface area contributed by atoms with Crippen molar-refractivity contribution in [2.75, 3.05) is 30.3 Å². The van der Waals surface area contributed by atoms with E-state index in [-0.39, 0.29) is 13.1 Å². The van der Waals surface area contributed by atoms with Crippen LogP contribution in [0, 0.1) is 13.8 Å². The van der Waals surface area contributed by atoms with Gasteiger partial charge in [-0.05, 0) is 59.1 Å². The van der Waals surface area contributed by atoms with Crippen molar-refractivity contribution >= 4 is 37.5 Å². The number of carbonyl (C=O) groups excluding carboxylic acids is 1. The van der Waals surface area contributed by atoms with Crippen molar-refractivity contribution in [1.29, 1.82) is 0 Å². The van der Waals surface area contributed by atoms with Gasteiger partial charge in [-0.1, -0.05) is 24.3 Å². The second kappa shape index (κ2) is 9.23. The Morgan fingerprint density at radius 2 is 1.89 bits per heavy atom. The summed E-state index contributed by atoms with van der Waals surface area (Å²) in [5.41, 5.74) is 2.53. The molecule has 1 N–H and O–H groups in total. The van der Waals surface area contributed by atoms with Crippen LogP contribution in [0.25, 0.3) is 0 Å². The third kappa shape index (κ3) is 6.25. The lowest BCUT2D eigenvalue weighted by Gasteiger charge is -2.23. The van der Waals surface area contributed by atoms with Crippen molar-refractivity contribution < 1.29 is 17.9 Å². The van der Waals surface area contributed by atoms with Crippen LogP contribution < -0.4 is 14.4 Å². The smallest absolute Gasteiger partial charge is 0.240 e. The van der Waals surface area contributed by atoms with Gasteiger partial charge < -0.3 is 10.1 Å². The van der Waals surface area contributed by atoms with Crippen LogP contribution in [-0.2, 0) is 14.8 Å². The Bertz CT molecular complexity index is 916. The Labute approximate surface area is 168 Å². The van der Waals surface area contributed by atoms with Gasteiger partial charge in [-0.25, -0.2) is 8.42 Å². The molecule has 0 atom stereocenters. The van der Waals surface area contributed by atoms with E-state index in [4.69, 9.17) is 4.74 Å². The van der Waals surface area contributed by atoms with E-state index in [1.807, 2.05) is 32.0 Å². The van der Waals surface area contributed by atoms with Crippen molar-refractivity contribution in [1.82, 2.24) is 5.32 Å². The zero-order valence-electron chi connectivity index (χ0n) is 15.5. The average Bonchev–Trinajstić information content (AvgIpc) is 2.59. The van der Waals surface area contributed by atoms with Crippen molar-refractivity contribution in [2.45, 2.75) is 13.8 Å². The summed E-state index contributed by atoms with van der Waals surface area (Å²) in [6.07, 6.45) is 1.07. The molecule has 2 aromatic carbocycles. The Morgan fingerprint density at radius 1 is 1.19 bits per heavy atom. The lowest BCUT2D eigenvalue weighted by Crippen LogP contribution is -2.41.